The van der Waals surface area contributed by atoms with Crippen LogP contribution in [0.15, 0.2) is 52.9 Å². The average Bonchev–Trinajstić information content (AvgIpc) is 2.97. The smallest absolute Gasteiger partial charge is 0.320 e. The lowest BCUT2D eigenvalue weighted by atomic mass is 10.1. The van der Waals surface area contributed by atoms with Crippen LogP contribution in [0.2, 0.25) is 0 Å². The van der Waals surface area contributed by atoms with Crippen molar-refractivity contribution in [2.45, 2.75) is 6.04 Å². The Hall–Kier alpha value is -2.34. The van der Waals surface area contributed by atoms with Gasteiger partial charge < -0.3 is 11.2 Å². The zero-order chi connectivity index (χ0) is 13.5. The number of benzene rings is 1. The fraction of sp³-hybridized carbons (Fsp3) is 0.0769. The predicted octanol–water partition coefficient (Wildman–Crippen LogP) is 2.04. The second kappa shape index (κ2) is 6.55. The van der Waals surface area contributed by atoms with Crippen LogP contribution in [0.3, 0.4) is 0 Å². The molecule has 2 rings (SSSR count). The molecule has 0 fully saturated rings. The highest BCUT2D eigenvalue weighted by Gasteiger charge is 2.16. The highest BCUT2D eigenvalue weighted by Crippen LogP contribution is 2.25. The number of hydrogen-bond donors (Lipinski definition) is 3. The molecule has 0 aliphatic heterocycles. The van der Waals surface area contributed by atoms with Crippen LogP contribution in [0.4, 0.5) is 4.79 Å². The maximum Gasteiger partial charge on any atom is 0.320 e. The number of nitrogens with two attached hydrogens (primary N) is 1. The molecule has 1 heterocycles. The summed E-state index contributed by atoms with van der Waals surface area (Å²) in [6.45, 7) is 0. The Balaban J connectivity index is 2.19. The molecule has 2 aromatic rings. The molecule has 0 spiro atoms. The molecule has 1 aromatic heterocycles. The van der Waals surface area contributed by atoms with Crippen molar-refractivity contribution in [3.05, 3.63) is 58.3 Å². The minimum absolute atomic E-state index is 0.188. The zero-order valence-corrected chi connectivity index (χ0v) is 10.9. The van der Waals surface area contributed by atoms with Gasteiger partial charge in [0.15, 0.2) is 0 Å². The van der Waals surface area contributed by atoms with Gasteiger partial charge in [-0.25, -0.2) is 4.79 Å². The summed E-state index contributed by atoms with van der Waals surface area (Å²) in [5.74, 6) is 4.94. The number of carbonyl (C=O) groups is 1. The molecule has 0 saturated heterocycles. The fourth-order valence-electron chi connectivity index (χ4n) is 1.69. The largest absolute Gasteiger partial charge is 0.326 e. The third-order valence-electron chi connectivity index (χ3n) is 2.51. The Kier molecular flexibility index (Phi) is 4.52. The molecular weight excluding hydrogens is 260 g/mol. The van der Waals surface area contributed by atoms with Crippen LogP contribution >= 0.6 is 11.3 Å². The van der Waals surface area contributed by atoms with Gasteiger partial charge in [-0.1, -0.05) is 36.4 Å². The number of hydrazone groups is 1. The van der Waals surface area contributed by atoms with Crippen LogP contribution in [0.5, 0.6) is 0 Å². The van der Waals surface area contributed by atoms with Gasteiger partial charge in [-0.15, -0.1) is 11.3 Å². The minimum Gasteiger partial charge on any atom is -0.326 e. The van der Waals surface area contributed by atoms with E-state index in [4.69, 9.17) is 5.84 Å². The summed E-state index contributed by atoms with van der Waals surface area (Å²) in [6, 6.07) is 13.2. The summed E-state index contributed by atoms with van der Waals surface area (Å²) in [5.41, 5.74) is 1.02. The molecule has 1 aromatic carbocycles. The Morgan fingerprint density at radius 3 is 2.68 bits per heavy atom. The van der Waals surface area contributed by atoms with E-state index in [1.165, 1.54) is 0 Å². The quantitative estimate of drug-likeness (QED) is 0.345. The van der Waals surface area contributed by atoms with E-state index in [0.717, 1.165) is 16.8 Å². The van der Waals surface area contributed by atoms with Crippen molar-refractivity contribution in [3.8, 4) is 0 Å². The molecule has 19 heavy (non-hydrogen) atoms. The molecule has 0 saturated carbocycles. The maximum absolute atomic E-state index is 11.7. The van der Waals surface area contributed by atoms with Crippen molar-refractivity contribution in [1.29, 1.82) is 0 Å². The van der Waals surface area contributed by atoms with E-state index in [0.29, 0.717) is 0 Å². The van der Waals surface area contributed by atoms with E-state index in [-0.39, 0.29) is 12.1 Å². The second-order valence-corrected chi connectivity index (χ2v) is 4.73. The lowest BCUT2D eigenvalue weighted by Crippen LogP contribution is -2.37. The third kappa shape index (κ3) is 3.56. The SMILES string of the molecule is NN=CNC(=O)NC(c1ccccc1)c1cccs1. The van der Waals surface area contributed by atoms with E-state index < -0.39 is 0 Å². The van der Waals surface area contributed by atoms with Gasteiger partial charge in [-0.2, -0.15) is 5.10 Å². The summed E-state index contributed by atoms with van der Waals surface area (Å²) in [6.07, 6.45) is 1.14. The van der Waals surface area contributed by atoms with E-state index in [1.807, 2.05) is 47.8 Å². The summed E-state index contributed by atoms with van der Waals surface area (Å²) in [4.78, 5) is 12.8. The van der Waals surface area contributed by atoms with E-state index in [2.05, 4.69) is 15.7 Å². The number of urea groups is 1. The predicted molar refractivity (Wildman–Crippen MR) is 77.0 cm³/mol. The zero-order valence-electron chi connectivity index (χ0n) is 10.1. The molecule has 2 amide bonds. The lowest BCUT2D eigenvalue weighted by Gasteiger charge is -2.17. The first-order valence-electron chi connectivity index (χ1n) is 5.68. The topological polar surface area (TPSA) is 79.5 Å². The number of nitrogens with zero attached hydrogens (tertiary/aromatic N) is 1. The average molecular weight is 274 g/mol. The van der Waals surface area contributed by atoms with Gasteiger partial charge in [0.2, 0.25) is 0 Å². The lowest BCUT2D eigenvalue weighted by molar-refractivity contribution is 0.243. The van der Waals surface area contributed by atoms with Gasteiger partial charge in [0.1, 0.15) is 6.34 Å². The van der Waals surface area contributed by atoms with Crippen molar-refractivity contribution in [2.75, 3.05) is 0 Å². The molecule has 6 heteroatoms. The second-order valence-electron chi connectivity index (χ2n) is 3.76. The first kappa shape index (κ1) is 13.1. The van der Waals surface area contributed by atoms with Crippen molar-refractivity contribution in [3.63, 3.8) is 0 Å². The van der Waals surface area contributed by atoms with Gasteiger partial charge in [0.05, 0.1) is 6.04 Å². The van der Waals surface area contributed by atoms with Crippen LogP contribution in [0.25, 0.3) is 0 Å². The maximum atomic E-state index is 11.7. The summed E-state index contributed by atoms with van der Waals surface area (Å²) in [5, 5.41) is 10.5. The first-order chi connectivity index (χ1) is 9.31. The molecule has 0 bridgehead atoms. The fourth-order valence-corrected chi connectivity index (χ4v) is 2.49. The van der Waals surface area contributed by atoms with Crippen LogP contribution in [0, 0.1) is 0 Å². The van der Waals surface area contributed by atoms with E-state index >= 15 is 0 Å². The van der Waals surface area contributed by atoms with Gasteiger partial charge in [0, 0.05) is 4.88 Å². The molecule has 0 aliphatic rings. The first-order valence-corrected chi connectivity index (χ1v) is 6.56. The molecular formula is C13H14N4OS. The van der Waals surface area contributed by atoms with Crippen LogP contribution < -0.4 is 16.5 Å². The van der Waals surface area contributed by atoms with Crippen LogP contribution in [-0.2, 0) is 0 Å². The molecule has 0 radical (unpaired) electrons. The molecule has 98 valence electrons. The van der Waals surface area contributed by atoms with Crippen molar-refractivity contribution in [2.24, 2.45) is 10.9 Å². The number of rotatable bonds is 4. The Morgan fingerprint density at radius 2 is 2.05 bits per heavy atom. The number of nitrogens with one attached hydrogen (secondary N) is 2. The van der Waals surface area contributed by atoms with E-state index in [1.54, 1.807) is 11.3 Å². The van der Waals surface area contributed by atoms with E-state index in [9.17, 15) is 4.79 Å². The molecule has 1 atom stereocenters. The monoisotopic (exact) mass is 274 g/mol. The standard InChI is InChI=1S/C13H14N4OS/c14-16-9-15-13(18)17-12(11-7-4-8-19-11)10-5-2-1-3-6-10/h1-9,12H,14H2,(H2,15,16,17,18). The van der Waals surface area contributed by atoms with Gasteiger partial charge in [-0.05, 0) is 17.0 Å². The number of carbonyl (C=O) groups excluding carboxylic acids is 1. The summed E-state index contributed by atoms with van der Waals surface area (Å²) >= 11 is 1.59. The van der Waals surface area contributed by atoms with Crippen LogP contribution in [0.1, 0.15) is 16.5 Å². The number of amides is 2. The highest BCUT2D eigenvalue weighted by molar-refractivity contribution is 7.10. The van der Waals surface area contributed by atoms with Crippen LogP contribution in [-0.4, -0.2) is 12.4 Å². The molecule has 0 aliphatic carbocycles. The molecule has 5 nitrogen and oxygen atoms in total. The summed E-state index contributed by atoms with van der Waals surface area (Å²) in [7, 11) is 0. The Labute approximate surface area is 115 Å². The molecule has 1 unspecified atom stereocenters. The highest BCUT2D eigenvalue weighted by atomic mass is 32.1. The normalized spacial score (nSPS) is 12.2. The molecule has 4 N–H and O–H groups in total. The van der Waals surface area contributed by atoms with Gasteiger partial charge >= 0.3 is 6.03 Å². The third-order valence-corrected chi connectivity index (χ3v) is 3.44. The van der Waals surface area contributed by atoms with Crippen molar-refractivity contribution in [1.82, 2.24) is 10.6 Å². The Morgan fingerprint density at radius 1 is 1.26 bits per heavy atom. The van der Waals surface area contributed by atoms with Crippen molar-refractivity contribution >= 4 is 23.7 Å². The van der Waals surface area contributed by atoms with Crippen molar-refractivity contribution < 1.29 is 4.79 Å². The summed E-state index contributed by atoms with van der Waals surface area (Å²) < 4.78 is 0. The van der Waals surface area contributed by atoms with Gasteiger partial charge in [0.25, 0.3) is 0 Å². The number of hydrogen-bond acceptors (Lipinski definition) is 4. The Bertz CT molecular complexity index is 539. The number of thiophene rings is 1. The van der Waals surface area contributed by atoms with Gasteiger partial charge in [-0.3, -0.25) is 5.32 Å². The minimum atomic E-state index is -0.351.